The molecular formula is C13H16BrF3O2. The normalized spacial score (nSPS) is 13.3. The van der Waals surface area contributed by atoms with Gasteiger partial charge in [0.05, 0.1) is 13.2 Å². The Morgan fingerprint density at radius 3 is 2.63 bits per heavy atom. The molecule has 6 heteroatoms. The van der Waals surface area contributed by atoms with Crippen LogP contribution in [0.4, 0.5) is 13.2 Å². The lowest BCUT2D eigenvalue weighted by molar-refractivity contribution is -0.138. The van der Waals surface area contributed by atoms with Crippen molar-refractivity contribution < 1.29 is 22.6 Å². The molecule has 1 rings (SSSR count). The van der Waals surface area contributed by atoms with Crippen LogP contribution in [0.1, 0.15) is 24.5 Å². The molecule has 19 heavy (non-hydrogen) atoms. The minimum Gasteiger partial charge on any atom is -0.497 e. The van der Waals surface area contributed by atoms with Crippen LogP contribution in [-0.2, 0) is 4.74 Å². The van der Waals surface area contributed by atoms with Crippen LogP contribution in [0.15, 0.2) is 24.3 Å². The third kappa shape index (κ3) is 6.29. The zero-order valence-electron chi connectivity index (χ0n) is 10.5. The van der Waals surface area contributed by atoms with E-state index < -0.39 is 12.6 Å². The van der Waals surface area contributed by atoms with E-state index in [2.05, 4.69) is 15.9 Å². The minimum atomic E-state index is -4.12. The third-order valence-corrected chi connectivity index (χ3v) is 3.12. The van der Waals surface area contributed by atoms with Crippen molar-refractivity contribution in [1.29, 1.82) is 0 Å². The smallest absolute Gasteiger partial charge is 0.389 e. The minimum absolute atomic E-state index is 0.0308. The van der Waals surface area contributed by atoms with Crippen molar-refractivity contribution in [2.75, 3.05) is 19.0 Å². The van der Waals surface area contributed by atoms with Crippen molar-refractivity contribution in [2.24, 2.45) is 0 Å². The van der Waals surface area contributed by atoms with E-state index in [1.807, 2.05) is 18.2 Å². The fourth-order valence-electron chi connectivity index (χ4n) is 1.57. The molecule has 108 valence electrons. The molecule has 0 aliphatic rings. The third-order valence-electron chi connectivity index (χ3n) is 2.53. The van der Waals surface area contributed by atoms with Crippen molar-refractivity contribution in [2.45, 2.75) is 25.1 Å². The molecule has 0 saturated carbocycles. The molecule has 1 aromatic carbocycles. The topological polar surface area (TPSA) is 18.5 Å². The molecule has 0 fully saturated rings. The second-order valence-corrected chi connectivity index (χ2v) is 4.66. The molecule has 0 bridgehead atoms. The molecule has 0 radical (unpaired) electrons. The largest absolute Gasteiger partial charge is 0.497 e. The van der Waals surface area contributed by atoms with E-state index in [0.29, 0.717) is 11.1 Å². The monoisotopic (exact) mass is 340 g/mol. The Morgan fingerprint density at radius 1 is 1.32 bits per heavy atom. The van der Waals surface area contributed by atoms with Gasteiger partial charge in [0, 0.05) is 18.4 Å². The lowest BCUT2D eigenvalue weighted by Gasteiger charge is -2.17. The van der Waals surface area contributed by atoms with Gasteiger partial charge in [-0.3, -0.25) is 0 Å². The second-order valence-electron chi connectivity index (χ2n) is 4.01. The molecule has 1 atom stereocenters. The molecule has 0 saturated heterocycles. The van der Waals surface area contributed by atoms with Gasteiger partial charge in [-0.15, -0.1) is 0 Å². The van der Waals surface area contributed by atoms with Crippen molar-refractivity contribution in [3.05, 3.63) is 29.8 Å². The average Bonchev–Trinajstić information content (AvgIpc) is 2.37. The standard InChI is InChI=1S/C13H16BrF3O2/c1-18-11-5-2-4-10(8-11)12(9-14)19-7-3-6-13(15,16)17/h2,4-5,8,12H,3,6-7,9H2,1H3. The predicted octanol–water partition coefficient (Wildman–Crippen LogP) is 4.49. The Morgan fingerprint density at radius 2 is 2.05 bits per heavy atom. The molecule has 0 amide bonds. The van der Waals surface area contributed by atoms with Gasteiger partial charge < -0.3 is 9.47 Å². The van der Waals surface area contributed by atoms with E-state index in [4.69, 9.17) is 9.47 Å². The average molecular weight is 341 g/mol. The van der Waals surface area contributed by atoms with Crippen LogP contribution in [-0.4, -0.2) is 25.2 Å². The Labute approximate surface area is 119 Å². The molecule has 0 aliphatic heterocycles. The van der Waals surface area contributed by atoms with Gasteiger partial charge in [0.2, 0.25) is 0 Å². The molecule has 0 N–H and O–H groups in total. The van der Waals surface area contributed by atoms with Gasteiger partial charge in [-0.1, -0.05) is 28.1 Å². The Bertz CT molecular complexity index is 382. The second kappa shape index (κ2) is 7.75. The number of benzene rings is 1. The first-order valence-corrected chi connectivity index (χ1v) is 6.96. The highest BCUT2D eigenvalue weighted by Crippen LogP contribution is 2.25. The molecule has 0 spiro atoms. The maximum atomic E-state index is 12.0. The molecule has 0 heterocycles. The van der Waals surface area contributed by atoms with Crippen LogP contribution in [0.3, 0.4) is 0 Å². The van der Waals surface area contributed by atoms with E-state index in [9.17, 15) is 13.2 Å². The summed E-state index contributed by atoms with van der Waals surface area (Å²) in [4.78, 5) is 0. The zero-order valence-corrected chi connectivity index (χ0v) is 12.1. The van der Waals surface area contributed by atoms with Crippen LogP contribution in [0.5, 0.6) is 5.75 Å². The maximum absolute atomic E-state index is 12.0. The predicted molar refractivity (Wildman–Crippen MR) is 70.8 cm³/mol. The van der Waals surface area contributed by atoms with Crippen LogP contribution in [0.25, 0.3) is 0 Å². The maximum Gasteiger partial charge on any atom is 0.389 e. The van der Waals surface area contributed by atoms with Crippen LogP contribution in [0.2, 0.25) is 0 Å². The van der Waals surface area contributed by atoms with E-state index in [-0.39, 0.29) is 19.1 Å². The summed E-state index contributed by atoms with van der Waals surface area (Å²) in [5, 5.41) is 0.520. The number of halogens is 4. The van der Waals surface area contributed by atoms with Gasteiger partial charge in [0.1, 0.15) is 5.75 Å². The van der Waals surface area contributed by atoms with Gasteiger partial charge in [0.25, 0.3) is 0 Å². The lowest BCUT2D eigenvalue weighted by atomic mass is 10.1. The highest BCUT2D eigenvalue weighted by molar-refractivity contribution is 9.09. The Hall–Kier alpha value is -0.750. The number of hydrogen-bond donors (Lipinski definition) is 0. The number of methoxy groups -OCH3 is 1. The van der Waals surface area contributed by atoms with Gasteiger partial charge in [0.15, 0.2) is 0 Å². The van der Waals surface area contributed by atoms with Crippen LogP contribution in [0, 0.1) is 0 Å². The summed E-state index contributed by atoms with van der Waals surface area (Å²) >= 11 is 3.30. The van der Waals surface area contributed by atoms with Crippen molar-refractivity contribution in [3.63, 3.8) is 0 Å². The fourth-order valence-corrected chi connectivity index (χ4v) is 2.13. The number of ether oxygens (including phenoxy) is 2. The van der Waals surface area contributed by atoms with Gasteiger partial charge in [-0.05, 0) is 24.1 Å². The Balaban J connectivity index is 2.48. The summed E-state index contributed by atoms with van der Waals surface area (Å²) in [6.07, 6.45) is -5.25. The van der Waals surface area contributed by atoms with Crippen LogP contribution >= 0.6 is 15.9 Å². The van der Waals surface area contributed by atoms with Crippen LogP contribution < -0.4 is 4.74 Å². The highest BCUT2D eigenvalue weighted by atomic mass is 79.9. The quantitative estimate of drug-likeness (QED) is 0.537. The van der Waals surface area contributed by atoms with Crippen molar-refractivity contribution in [3.8, 4) is 5.75 Å². The van der Waals surface area contributed by atoms with E-state index in [1.165, 1.54) is 0 Å². The summed E-state index contributed by atoms with van der Waals surface area (Å²) in [5.41, 5.74) is 0.878. The SMILES string of the molecule is COc1cccc(C(CBr)OCCCC(F)(F)F)c1. The van der Waals surface area contributed by atoms with Gasteiger partial charge >= 0.3 is 6.18 Å². The van der Waals surface area contributed by atoms with Crippen molar-refractivity contribution >= 4 is 15.9 Å². The van der Waals surface area contributed by atoms with Gasteiger partial charge in [-0.2, -0.15) is 13.2 Å². The fraction of sp³-hybridized carbons (Fsp3) is 0.538. The number of rotatable bonds is 7. The summed E-state index contributed by atoms with van der Waals surface area (Å²) in [5.74, 6) is 0.697. The first-order chi connectivity index (χ1) is 8.96. The zero-order chi connectivity index (χ0) is 14.3. The van der Waals surface area contributed by atoms with E-state index in [1.54, 1.807) is 13.2 Å². The first kappa shape index (κ1) is 16.3. The molecule has 1 unspecified atom stereocenters. The summed E-state index contributed by atoms with van der Waals surface area (Å²) in [6.45, 7) is 0.0764. The molecular weight excluding hydrogens is 325 g/mol. The van der Waals surface area contributed by atoms with Gasteiger partial charge in [-0.25, -0.2) is 0 Å². The number of alkyl halides is 4. The highest BCUT2D eigenvalue weighted by Gasteiger charge is 2.26. The molecule has 0 aliphatic carbocycles. The summed E-state index contributed by atoms with van der Waals surface area (Å²) in [6, 6.07) is 7.30. The molecule has 1 aromatic rings. The van der Waals surface area contributed by atoms with E-state index in [0.717, 1.165) is 5.56 Å². The lowest BCUT2D eigenvalue weighted by Crippen LogP contribution is -2.11. The molecule has 0 aromatic heterocycles. The van der Waals surface area contributed by atoms with E-state index >= 15 is 0 Å². The number of hydrogen-bond acceptors (Lipinski definition) is 2. The first-order valence-electron chi connectivity index (χ1n) is 5.84. The summed E-state index contributed by atoms with van der Waals surface area (Å²) < 4.78 is 46.6. The van der Waals surface area contributed by atoms with Crippen molar-refractivity contribution in [1.82, 2.24) is 0 Å². The Kier molecular flexibility index (Phi) is 6.65. The molecule has 2 nitrogen and oxygen atoms in total. The summed E-state index contributed by atoms with van der Waals surface area (Å²) in [7, 11) is 1.56.